The Labute approximate surface area is 194 Å². The number of fused-ring (bicyclic) bond motifs is 3. The van der Waals surface area contributed by atoms with Crippen LogP contribution in [0.5, 0.6) is 0 Å². The molecule has 0 bridgehead atoms. The number of benzene rings is 2. The lowest BCUT2D eigenvalue weighted by Gasteiger charge is -2.29. The number of aromatic nitrogens is 2. The first-order chi connectivity index (χ1) is 16.0. The van der Waals surface area contributed by atoms with E-state index >= 15 is 0 Å². The highest BCUT2D eigenvalue weighted by Gasteiger charge is 2.39. The molecule has 0 radical (unpaired) electrons. The Bertz CT molecular complexity index is 1450. The summed E-state index contributed by atoms with van der Waals surface area (Å²) in [4.78, 5) is 12.9. The first-order valence-electron chi connectivity index (χ1n) is 10.1. The van der Waals surface area contributed by atoms with Gasteiger partial charge < -0.3 is 0 Å². The molecular formula is C23H19N5O3S2. The number of amides is 1. The van der Waals surface area contributed by atoms with Crippen molar-refractivity contribution in [2.75, 3.05) is 10.8 Å². The Morgan fingerprint density at radius 1 is 1.12 bits per heavy atom. The maximum atomic E-state index is 13.6. The normalized spacial score (nSPS) is 14.5. The van der Waals surface area contributed by atoms with Gasteiger partial charge in [-0.3, -0.25) is 14.2 Å². The van der Waals surface area contributed by atoms with E-state index < -0.39 is 22.5 Å². The molecule has 10 heteroatoms. The predicted octanol–water partition coefficient (Wildman–Crippen LogP) is 3.85. The summed E-state index contributed by atoms with van der Waals surface area (Å²) in [5, 5.41) is 15.3. The fourth-order valence-electron chi connectivity index (χ4n) is 3.71. The number of rotatable bonds is 5. The number of nitrogens with one attached hydrogen (secondary N) is 2. The summed E-state index contributed by atoms with van der Waals surface area (Å²) in [7, 11) is -4.01. The number of carbonyl (C=O) groups is 1. The van der Waals surface area contributed by atoms with Crippen LogP contribution in [0.3, 0.4) is 0 Å². The fraction of sp³-hybridized carbons (Fsp3) is 0.0870. The van der Waals surface area contributed by atoms with E-state index in [4.69, 9.17) is 0 Å². The molecular weight excluding hydrogens is 458 g/mol. The van der Waals surface area contributed by atoms with Gasteiger partial charge in [0.1, 0.15) is 17.9 Å². The molecule has 8 nitrogen and oxygen atoms in total. The molecule has 1 amide bonds. The zero-order valence-electron chi connectivity index (χ0n) is 17.5. The van der Waals surface area contributed by atoms with Crippen LogP contribution in [0.1, 0.15) is 12.5 Å². The van der Waals surface area contributed by atoms with Crippen molar-refractivity contribution in [2.45, 2.75) is 11.8 Å². The van der Waals surface area contributed by atoms with Gasteiger partial charge in [-0.15, -0.1) is 0 Å². The molecule has 2 N–H and O–H groups in total. The molecule has 0 unspecified atom stereocenters. The number of hydrazone groups is 1. The van der Waals surface area contributed by atoms with Crippen LogP contribution in [-0.2, 0) is 14.8 Å². The van der Waals surface area contributed by atoms with Gasteiger partial charge in [0, 0.05) is 16.7 Å². The highest BCUT2D eigenvalue weighted by atomic mass is 32.2. The van der Waals surface area contributed by atoms with E-state index in [0.717, 1.165) is 15.4 Å². The number of H-pyrrole nitrogens is 1. The topological polar surface area (TPSA) is 108 Å². The Balaban J connectivity index is 1.56. The van der Waals surface area contributed by atoms with Gasteiger partial charge in [-0.1, -0.05) is 48.5 Å². The molecule has 33 heavy (non-hydrogen) atoms. The van der Waals surface area contributed by atoms with Crippen molar-refractivity contribution in [3.8, 4) is 22.5 Å². The van der Waals surface area contributed by atoms with Crippen LogP contribution in [0.15, 0.2) is 81.4 Å². The molecule has 3 heterocycles. The van der Waals surface area contributed by atoms with Crippen molar-refractivity contribution in [1.82, 2.24) is 15.6 Å². The Morgan fingerprint density at radius 2 is 1.88 bits per heavy atom. The lowest BCUT2D eigenvalue weighted by Crippen LogP contribution is -2.41. The van der Waals surface area contributed by atoms with Crippen LogP contribution in [-0.4, -0.2) is 36.8 Å². The first-order valence-corrected chi connectivity index (χ1v) is 12.5. The number of anilines is 1. The van der Waals surface area contributed by atoms with Gasteiger partial charge in [0.25, 0.3) is 15.9 Å². The first kappa shape index (κ1) is 21.1. The summed E-state index contributed by atoms with van der Waals surface area (Å²) in [6.45, 7) is 1.33. The van der Waals surface area contributed by atoms with Crippen LogP contribution >= 0.6 is 11.3 Å². The number of hydrogen-bond acceptors (Lipinski definition) is 6. The predicted molar refractivity (Wildman–Crippen MR) is 129 cm³/mol. The third kappa shape index (κ3) is 3.73. The summed E-state index contributed by atoms with van der Waals surface area (Å²) < 4.78 is 28.3. The average molecular weight is 478 g/mol. The number of carbonyl (C=O) groups excluding carboxylic acids is 1. The van der Waals surface area contributed by atoms with E-state index in [0.29, 0.717) is 28.4 Å². The number of thiophene rings is 1. The molecule has 0 saturated carbocycles. The second kappa shape index (κ2) is 8.30. The summed E-state index contributed by atoms with van der Waals surface area (Å²) in [6, 6.07) is 17.8. The Hall–Kier alpha value is -3.76. The summed E-state index contributed by atoms with van der Waals surface area (Å²) in [6.07, 6.45) is 0. The molecule has 1 aliphatic rings. The molecule has 0 aliphatic carbocycles. The fourth-order valence-corrected chi connectivity index (χ4v) is 6.05. The molecule has 4 aromatic rings. The third-order valence-corrected chi connectivity index (χ3v) is 7.82. The highest BCUT2D eigenvalue weighted by molar-refractivity contribution is 7.93. The van der Waals surface area contributed by atoms with Gasteiger partial charge in [0.15, 0.2) is 0 Å². The van der Waals surface area contributed by atoms with Crippen molar-refractivity contribution in [1.29, 1.82) is 0 Å². The van der Waals surface area contributed by atoms with Gasteiger partial charge in [0.2, 0.25) is 0 Å². The van der Waals surface area contributed by atoms with E-state index in [1.165, 1.54) is 17.4 Å². The van der Waals surface area contributed by atoms with Crippen LogP contribution in [0, 0.1) is 0 Å². The van der Waals surface area contributed by atoms with Gasteiger partial charge in [-0.05, 0) is 29.8 Å². The summed E-state index contributed by atoms with van der Waals surface area (Å²) >= 11 is 1.53. The van der Waals surface area contributed by atoms with E-state index in [-0.39, 0.29) is 4.90 Å². The molecule has 0 saturated heterocycles. The smallest absolute Gasteiger partial charge is 0.265 e. The maximum Gasteiger partial charge on any atom is 0.265 e. The number of hydrogen-bond donors (Lipinski definition) is 2. The average Bonchev–Trinajstić information content (AvgIpc) is 3.51. The zero-order valence-corrected chi connectivity index (χ0v) is 19.2. The minimum absolute atomic E-state index is 0.117. The molecule has 0 spiro atoms. The number of aromatic amines is 1. The lowest BCUT2D eigenvalue weighted by molar-refractivity contribution is -0.119. The molecule has 1 aliphatic heterocycles. The van der Waals surface area contributed by atoms with Crippen molar-refractivity contribution in [3.63, 3.8) is 0 Å². The highest BCUT2D eigenvalue weighted by Crippen LogP contribution is 2.46. The molecule has 166 valence electrons. The second-order valence-corrected chi connectivity index (χ2v) is 10.0. The van der Waals surface area contributed by atoms with Crippen LogP contribution in [0.25, 0.3) is 22.5 Å². The molecule has 2 aromatic carbocycles. The largest absolute Gasteiger partial charge is 0.275 e. The van der Waals surface area contributed by atoms with Crippen LogP contribution < -0.4 is 9.73 Å². The van der Waals surface area contributed by atoms with Crippen molar-refractivity contribution in [3.05, 3.63) is 77.0 Å². The minimum Gasteiger partial charge on any atom is -0.275 e. The van der Waals surface area contributed by atoms with Gasteiger partial charge in [-0.2, -0.15) is 21.5 Å². The van der Waals surface area contributed by atoms with E-state index in [1.54, 1.807) is 25.1 Å². The Morgan fingerprint density at radius 3 is 2.64 bits per heavy atom. The monoisotopic (exact) mass is 477 g/mol. The maximum absolute atomic E-state index is 13.6. The van der Waals surface area contributed by atoms with Crippen molar-refractivity contribution >= 4 is 38.7 Å². The summed E-state index contributed by atoms with van der Waals surface area (Å²) in [5.74, 6) is -0.557. The van der Waals surface area contributed by atoms with Crippen molar-refractivity contribution in [2.24, 2.45) is 5.10 Å². The van der Waals surface area contributed by atoms with Gasteiger partial charge >= 0.3 is 0 Å². The van der Waals surface area contributed by atoms with Crippen LogP contribution in [0.2, 0.25) is 0 Å². The molecule has 0 atom stereocenters. The minimum atomic E-state index is -4.01. The van der Waals surface area contributed by atoms with Crippen molar-refractivity contribution < 1.29 is 13.2 Å². The summed E-state index contributed by atoms with van der Waals surface area (Å²) in [5.41, 5.74) is 6.60. The lowest BCUT2D eigenvalue weighted by atomic mass is 10.1. The van der Waals surface area contributed by atoms with Crippen LogP contribution in [0.4, 0.5) is 5.69 Å². The quantitative estimate of drug-likeness (QED) is 0.336. The molecule has 2 aromatic heterocycles. The van der Waals surface area contributed by atoms with Gasteiger partial charge in [-0.25, -0.2) is 13.8 Å². The molecule has 5 rings (SSSR count). The van der Waals surface area contributed by atoms with E-state index in [2.05, 4.69) is 20.7 Å². The third-order valence-electron chi connectivity index (χ3n) is 5.34. The second-order valence-electron chi connectivity index (χ2n) is 7.41. The Kier molecular flexibility index (Phi) is 5.31. The van der Waals surface area contributed by atoms with Gasteiger partial charge in [0.05, 0.1) is 16.3 Å². The zero-order chi connectivity index (χ0) is 23.0. The number of nitrogens with zero attached hydrogens (tertiary/aromatic N) is 3. The van der Waals surface area contributed by atoms with E-state index in [1.807, 2.05) is 47.2 Å². The SMILES string of the molecule is C/C(=N\NC(=O)CN1c2c(-c3ccccc3)n[nH]c2-c2ccccc2S1(=O)=O)c1ccsc1. The standard InChI is InChI=1S/C23H19N5O3S2/c1-15(17-11-12-32-14-17)24-25-20(29)13-28-23-21(16-7-3-2-4-8-16)26-27-22(23)18-9-5-6-10-19(18)33(28,30)31/h2-12,14H,13H2,1H3,(H,25,29)(H,26,27)/b24-15+. The molecule has 0 fully saturated rings. The van der Waals surface area contributed by atoms with E-state index in [9.17, 15) is 13.2 Å². The number of sulfonamides is 1.